The average molecular weight is 1030 g/mol. The van der Waals surface area contributed by atoms with Crippen molar-refractivity contribution >= 4 is 63.3 Å². The van der Waals surface area contributed by atoms with Crippen molar-refractivity contribution < 1.29 is 46.7 Å². The maximum Gasteiger partial charge on any atom is 0.407 e. The highest BCUT2D eigenvalue weighted by molar-refractivity contribution is 7.89. The molecule has 3 aromatic rings. The summed E-state index contributed by atoms with van der Waals surface area (Å²) in [5.74, 6) is -0.880. The van der Waals surface area contributed by atoms with Crippen LogP contribution < -0.4 is 27.4 Å². The molecule has 5 rings (SSSR count). The third-order valence-electron chi connectivity index (χ3n) is 12.7. The van der Waals surface area contributed by atoms with E-state index in [2.05, 4.69) is 20.9 Å². The van der Waals surface area contributed by atoms with Gasteiger partial charge in [0.2, 0.25) is 21.8 Å². The van der Waals surface area contributed by atoms with Crippen LogP contribution in [0.4, 0.5) is 15.3 Å². The van der Waals surface area contributed by atoms with E-state index in [0.717, 1.165) is 23.1 Å². The summed E-state index contributed by atoms with van der Waals surface area (Å²) in [4.78, 5) is 82.4. The summed E-state index contributed by atoms with van der Waals surface area (Å²) in [5.41, 5.74) is 15.5. The summed E-state index contributed by atoms with van der Waals surface area (Å²) in [6.45, 7) is 15.2. The van der Waals surface area contributed by atoms with Crippen molar-refractivity contribution in [1.29, 1.82) is 0 Å². The van der Waals surface area contributed by atoms with Crippen molar-refractivity contribution in [2.75, 3.05) is 39.3 Å². The first kappa shape index (κ1) is 57.3. The topological polar surface area (TPSA) is 262 Å². The van der Waals surface area contributed by atoms with Crippen molar-refractivity contribution in [2.45, 2.75) is 123 Å². The van der Waals surface area contributed by atoms with Crippen LogP contribution in [0, 0.1) is 17.8 Å². The molecule has 18 nitrogen and oxygen atoms in total. The molecule has 3 aromatic carbocycles. The lowest BCUT2D eigenvalue weighted by Gasteiger charge is -2.38. The number of rotatable bonds is 25. The van der Waals surface area contributed by atoms with E-state index in [-0.39, 0.29) is 91.6 Å². The van der Waals surface area contributed by atoms with Gasteiger partial charge in [-0.1, -0.05) is 76.2 Å². The molecule has 0 radical (unpaired) electrons. The first-order valence-electron chi connectivity index (χ1n) is 25.2. The summed E-state index contributed by atoms with van der Waals surface area (Å²) >= 11 is 0. The van der Waals surface area contributed by atoms with E-state index in [4.69, 9.17) is 20.9 Å². The highest BCUT2D eigenvalue weighted by Gasteiger charge is 2.37. The van der Waals surface area contributed by atoms with Gasteiger partial charge in [0.1, 0.15) is 18.0 Å². The normalized spacial score (nSPS) is 14.8. The number of nitrogens with zero attached hydrogens (tertiary/aromatic N) is 3. The number of alkyl carbamates (subject to hydrolysis) is 1. The Morgan fingerprint density at radius 2 is 1.58 bits per heavy atom. The fourth-order valence-corrected chi connectivity index (χ4v) is 9.87. The van der Waals surface area contributed by atoms with Crippen LogP contribution in [0.15, 0.2) is 82.2 Å². The zero-order valence-corrected chi connectivity index (χ0v) is 44.1. The number of nitrogens with two attached hydrogens (primary N) is 2. The van der Waals surface area contributed by atoms with Gasteiger partial charge in [0.15, 0.2) is 5.78 Å². The number of ketones is 1. The van der Waals surface area contributed by atoms with Crippen molar-refractivity contribution in [3.8, 4) is 11.1 Å². The number of ether oxygens (including phenoxy) is 2. The number of nitrogens with one attached hydrogen (secondary N) is 3. The van der Waals surface area contributed by atoms with E-state index >= 15 is 0 Å². The Morgan fingerprint density at radius 3 is 2.25 bits per heavy atom. The summed E-state index contributed by atoms with van der Waals surface area (Å²) in [6.07, 6.45) is 4.18. The first-order chi connectivity index (χ1) is 34.5. The Morgan fingerprint density at radius 1 is 0.890 bits per heavy atom. The largest absolute Gasteiger partial charge is 0.461 e. The Labute approximate surface area is 430 Å². The number of carbonyl (C=O) groups excluding carboxylic acids is 6. The van der Waals surface area contributed by atoms with E-state index in [1.807, 2.05) is 52.0 Å². The maximum absolute atomic E-state index is 13.8. The molecule has 2 aliphatic heterocycles. The Bertz CT molecular complexity index is 2620. The summed E-state index contributed by atoms with van der Waals surface area (Å²) in [7, 11) is -3.84. The third kappa shape index (κ3) is 17.5. The summed E-state index contributed by atoms with van der Waals surface area (Å²) in [6, 6.07) is 18.0. The second kappa shape index (κ2) is 26.4. The fraction of sp³-hybridized carbons (Fsp3) is 0.500. The first-order valence-corrected chi connectivity index (χ1v) is 26.6. The average Bonchev–Trinajstić information content (AvgIpc) is 3.48. The van der Waals surface area contributed by atoms with Crippen LogP contribution in [0.5, 0.6) is 0 Å². The van der Waals surface area contributed by atoms with Gasteiger partial charge in [0.05, 0.1) is 16.6 Å². The number of fused-ring (bicyclic) bond motifs is 1. The molecule has 2 aliphatic rings. The van der Waals surface area contributed by atoms with Gasteiger partial charge in [-0.2, -0.15) is 4.31 Å². The zero-order chi connectivity index (χ0) is 53.5. The summed E-state index contributed by atoms with van der Waals surface area (Å²) < 4.78 is 39.8. The number of sulfonamides is 1. The number of hydrogen-bond acceptors (Lipinski definition) is 12. The molecule has 0 unspecified atom stereocenters. The smallest absolute Gasteiger partial charge is 0.407 e. The molecule has 0 bridgehead atoms. The Hall–Kier alpha value is -6.60. The number of hydrogen-bond donors (Lipinski definition) is 5. The van der Waals surface area contributed by atoms with Gasteiger partial charge in [0.25, 0.3) is 0 Å². The van der Waals surface area contributed by atoms with E-state index in [1.165, 1.54) is 4.31 Å². The van der Waals surface area contributed by atoms with Gasteiger partial charge in [-0.05, 0) is 111 Å². The molecule has 5 amide bonds. The minimum absolute atomic E-state index is 0.0168. The second-order valence-corrected chi connectivity index (χ2v) is 22.1. The predicted octanol–water partition coefficient (Wildman–Crippen LogP) is 6.76. The number of amides is 5. The van der Waals surface area contributed by atoms with Gasteiger partial charge in [0, 0.05) is 75.6 Å². The minimum Gasteiger partial charge on any atom is -0.461 e. The van der Waals surface area contributed by atoms with Gasteiger partial charge >= 0.3 is 18.1 Å². The fourth-order valence-electron chi connectivity index (χ4n) is 8.23. The molecule has 396 valence electrons. The van der Waals surface area contributed by atoms with Gasteiger partial charge < -0.3 is 41.8 Å². The SMILES string of the molecule is CCCN(CCCNC(=O)OC(C)(C)C)C(=O)C1=Cc2ccc(-c3cccc(S(=O)(=O)N4CC(CCC(=O)OCc5ccc(CC(=O)[C@H](CCCNC(N)=O)NC(=O)[C@@H](C)C(C)C)cc5)C4)c3)cc2N=C(N)C1. The van der Waals surface area contributed by atoms with Gasteiger partial charge in [-0.25, -0.2) is 23.0 Å². The quantitative estimate of drug-likeness (QED) is 0.0437. The van der Waals surface area contributed by atoms with E-state index in [1.54, 1.807) is 74.2 Å². The molecule has 0 saturated carbocycles. The Balaban J connectivity index is 1.10. The van der Waals surface area contributed by atoms with Crippen LogP contribution in [-0.2, 0) is 51.7 Å². The molecule has 1 saturated heterocycles. The molecular weight excluding hydrogens is 953 g/mol. The van der Waals surface area contributed by atoms with Gasteiger partial charge in [-0.3, -0.25) is 19.2 Å². The molecular formula is C54H74N8O10S. The summed E-state index contributed by atoms with van der Waals surface area (Å²) in [5, 5.41) is 8.13. The molecule has 0 spiro atoms. The Kier molecular flexibility index (Phi) is 20.7. The second-order valence-electron chi connectivity index (χ2n) is 20.2. The standard InChI is InChI=1S/C54H74N8O10S/c1-8-25-61(26-11-24-58-53(68)72-54(5,6)7)51(66)43-28-42-21-20-41(30-46(42)59-48(55)31-43)40-12-9-13-44(29-40)73(69,70)62-32-39(33-62)19-22-49(64)71-34-38-17-15-37(16-18-38)27-47(63)45(14-10-23-57-52(56)67)60-50(65)36(4)35(2)3/h9,12-13,15-18,20-21,28-30,35-36,39,45H,8,10-11,14,19,22-27,31-34H2,1-7H3,(H2,55,59)(H,58,68)(H,60,65)(H3,56,57,67)/t36-,45-/m0/s1. The maximum atomic E-state index is 13.8. The van der Waals surface area contributed by atoms with Crippen LogP contribution >= 0.6 is 0 Å². The van der Waals surface area contributed by atoms with Crippen molar-refractivity contribution in [2.24, 2.45) is 34.2 Å². The van der Waals surface area contributed by atoms with Crippen LogP contribution in [0.2, 0.25) is 0 Å². The number of aliphatic imine (C=N–C) groups is 1. The van der Waals surface area contributed by atoms with E-state index < -0.39 is 39.8 Å². The third-order valence-corrected chi connectivity index (χ3v) is 14.5. The van der Waals surface area contributed by atoms with Crippen molar-refractivity contribution in [3.05, 3.63) is 89.0 Å². The lowest BCUT2D eigenvalue weighted by Crippen LogP contribution is -2.49. The monoisotopic (exact) mass is 1030 g/mol. The zero-order valence-electron chi connectivity index (χ0n) is 43.3. The number of benzene rings is 3. The highest BCUT2D eigenvalue weighted by Crippen LogP contribution is 2.34. The lowest BCUT2D eigenvalue weighted by atomic mass is 9.95. The van der Waals surface area contributed by atoms with Crippen LogP contribution in [-0.4, -0.2) is 110 Å². The lowest BCUT2D eigenvalue weighted by molar-refractivity contribution is -0.145. The molecule has 0 aliphatic carbocycles. The molecule has 7 N–H and O–H groups in total. The highest BCUT2D eigenvalue weighted by atomic mass is 32.2. The molecule has 2 heterocycles. The predicted molar refractivity (Wildman–Crippen MR) is 281 cm³/mol. The minimum atomic E-state index is -3.84. The van der Waals surface area contributed by atoms with Crippen molar-refractivity contribution in [1.82, 2.24) is 25.2 Å². The van der Waals surface area contributed by atoms with E-state index in [0.29, 0.717) is 67.7 Å². The van der Waals surface area contributed by atoms with E-state index in [9.17, 15) is 37.2 Å². The molecule has 19 heteroatoms. The molecule has 0 aromatic heterocycles. The van der Waals surface area contributed by atoms with Crippen molar-refractivity contribution in [3.63, 3.8) is 0 Å². The van der Waals surface area contributed by atoms with Gasteiger partial charge in [-0.15, -0.1) is 0 Å². The number of primary amides is 1. The number of esters is 1. The number of urea groups is 1. The molecule has 1 fully saturated rings. The van der Waals surface area contributed by atoms with Crippen LogP contribution in [0.3, 0.4) is 0 Å². The van der Waals surface area contributed by atoms with Crippen LogP contribution in [0.25, 0.3) is 17.2 Å². The number of carbonyl (C=O) groups is 6. The van der Waals surface area contributed by atoms with Crippen LogP contribution in [0.1, 0.15) is 110 Å². The molecule has 73 heavy (non-hydrogen) atoms. The molecule has 2 atom stereocenters. The number of amidine groups is 1. The number of Topliss-reactive ketones (excluding diaryl/α,β-unsaturated/α-hetero) is 1.